The monoisotopic (exact) mass is 329 g/mol. The Bertz CT molecular complexity index is 507. The Hall–Kier alpha value is -1.44. The molecule has 0 aliphatic rings. The van der Waals surface area contributed by atoms with Crippen LogP contribution in [0, 0.1) is 10.5 Å². The molecule has 0 aliphatic heterocycles. The van der Waals surface area contributed by atoms with E-state index in [0.29, 0.717) is 11.5 Å². The molecule has 0 aliphatic carbocycles. The summed E-state index contributed by atoms with van der Waals surface area (Å²) in [5, 5.41) is 2.63. The molecule has 5 nitrogen and oxygen atoms in total. The van der Waals surface area contributed by atoms with E-state index in [1.165, 1.54) is 6.39 Å². The molecule has 2 rings (SSSR count). The molecule has 0 saturated heterocycles. The Kier molecular flexibility index (Phi) is 3.18. The van der Waals surface area contributed by atoms with E-state index in [2.05, 4.69) is 37.9 Å². The number of aryl methyl sites for hydroxylation is 1. The van der Waals surface area contributed by atoms with E-state index in [9.17, 15) is 4.79 Å². The third kappa shape index (κ3) is 2.38. The van der Waals surface area contributed by atoms with Crippen molar-refractivity contribution in [1.82, 2.24) is 9.97 Å². The Balaban J connectivity index is 2.14. The van der Waals surface area contributed by atoms with Crippen LogP contribution in [0.15, 0.2) is 29.1 Å². The second-order valence-corrected chi connectivity index (χ2v) is 4.33. The molecule has 16 heavy (non-hydrogen) atoms. The van der Waals surface area contributed by atoms with Gasteiger partial charge in [-0.1, -0.05) is 0 Å². The van der Waals surface area contributed by atoms with Gasteiger partial charge in [-0.05, 0) is 41.6 Å². The average Bonchev–Trinajstić information content (AvgIpc) is 2.68. The molecule has 0 radical (unpaired) electrons. The molecule has 2 aromatic heterocycles. The summed E-state index contributed by atoms with van der Waals surface area (Å²) in [5.74, 6) is 0.352. The number of halogens is 1. The van der Waals surface area contributed by atoms with Gasteiger partial charge in [0.05, 0.1) is 5.69 Å². The van der Waals surface area contributed by atoms with Gasteiger partial charge in [0.15, 0.2) is 6.39 Å². The van der Waals surface area contributed by atoms with Crippen molar-refractivity contribution in [3.63, 3.8) is 0 Å². The van der Waals surface area contributed by atoms with E-state index in [0.717, 1.165) is 3.57 Å². The highest BCUT2D eigenvalue weighted by atomic mass is 127. The van der Waals surface area contributed by atoms with Crippen molar-refractivity contribution in [3.05, 3.63) is 39.7 Å². The van der Waals surface area contributed by atoms with Crippen LogP contribution in [0.2, 0.25) is 0 Å². The van der Waals surface area contributed by atoms with Gasteiger partial charge in [0.2, 0.25) is 5.76 Å². The summed E-state index contributed by atoms with van der Waals surface area (Å²) in [4.78, 5) is 19.6. The maximum absolute atomic E-state index is 11.7. The second-order valence-electron chi connectivity index (χ2n) is 3.08. The summed E-state index contributed by atoms with van der Waals surface area (Å²) in [6, 6.07) is 3.59. The van der Waals surface area contributed by atoms with Crippen molar-refractivity contribution in [2.45, 2.75) is 6.92 Å². The first-order valence-electron chi connectivity index (χ1n) is 4.50. The number of nitrogens with one attached hydrogen (secondary N) is 1. The summed E-state index contributed by atoms with van der Waals surface area (Å²) < 4.78 is 5.98. The number of hydrogen-bond acceptors (Lipinski definition) is 4. The van der Waals surface area contributed by atoms with Gasteiger partial charge in [0.1, 0.15) is 5.82 Å². The molecule has 2 heterocycles. The number of aromatic nitrogens is 2. The SMILES string of the molecule is Cc1ncoc1C(=O)Nc1ccc(I)cn1. The van der Waals surface area contributed by atoms with Crippen molar-refractivity contribution in [3.8, 4) is 0 Å². The minimum absolute atomic E-state index is 0.209. The van der Waals surface area contributed by atoms with Crippen molar-refractivity contribution in [2.24, 2.45) is 0 Å². The Morgan fingerprint density at radius 2 is 2.25 bits per heavy atom. The molecular weight excluding hydrogens is 321 g/mol. The summed E-state index contributed by atoms with van der Waals surface area (Å²) in [7, 11) is 0. The molecule has 0 bridgehead atoms. The minimum atomic E-state index is -0.344. The van der Waals surface area contributed by atoms with Gasteiger partial charge in [-0.15, -0.1) is 0 Å². The molecule has 0 spiro atoms. The highest BCUT2D eigenvalue weighted by Gasteiger charge is 2.14. The van der Waals surface area contributed by atoms with Crippen molar-refractivity contribution in [1.29, 1.82) is 0 Å². The highest BCUT2D eigenvalue weighted by Crippen LogP contribution is 2.10. The summed E-state index contributed by atoms with van der Waals surface area (Å²) in [5.41, 5.74) is 0.558. The minimum Gasteiger partial charge on any atom is -0.438 e. The molecular formula is C10H8IN3O2. The topological polar surface area (TPSA) is 68.0 Å². The van der Waals surface area contributed by atoms with Crippen LogP contribution in [0.25, 0.3) is 0 Å². The van der Waals surface area contributed by atoms with Gasteiger partial charge < -0.3 is 9.73 Å². The normalized spacial score (nSPS) is 10.1. The van der Waals surface area contributed by atoms with Crippen LogP contribution in [-0.4, -0.2) is 15.9 Å². The van der Waals surface area contributed by atoms with E-state index in [1.807, 2.05) is 6.07 Å². The lowest BCUT2D eigenvalue weighted by molar-refractivity contribution is 0.0995. The van der Waals surface area contributed by atoms with Crippen LogP contribution in [0.4, 0.5) is 5.82 Å². The van der Waals surface area contributed by atoms with Crippen LogP contribution in [0.5, 0.6) is 0 Å². The maximum atomic E-state index is 11.7. The largest absolute Gasteiger partial charge is 0.438 e. The van der Waals surface area contributed by atoms with E-state index in [-0.39, 0.29) is 11.7 Å². The summed E-state index contributed by atoms with van der Waals surface area (Å²) >= 11 is 2.14. The zero-order valence-corrected chi connectivity index (χ0v) is 10.6. The van der Waals surface area contributed by atoms with Crippen molar-refractivity contribution >= 4 is 34.3 Å². The number of carbonyl (C=O) groups excluding carboxylic acids is 1. The molecule has 82 valence electrons. The lowest BCUT2D eigenvalue weighted by atomic mass is 10.3. The molecule has 0 unspecified atom stereocenters. The number of rotatable bonds is 2. The predicted molar refractivity (Wildman–Crippen MR) is 66.1 cm³/mol. The number of carbonyl (C=O) groups is 1. The fourth-order valence-corrected chi connectivity index (χ4v) is 1.46. The number of pyridine rings is 1. The molecule has 0 saturated carbocycles. The van der Waals surface area contributed by atoms with Crippen LogP contribution in [-0.2, 0) is 0 Å². The Morgan fingerprint density at radius 3 is 2.81 bits per heavy atom. The van der Waals surface area contributed by atoms with Gasteiger partial charge in [0, 0.05) is 9.77 Å². The van der Waals surface area contributed by atoms with Crippen LogP contribution in [0.3, 0.4) is 0 Å². The Morgan fingerprint density at radius 1 is 1.44 bits per heavy atom. The molecule has 2 aromatic rings. The standard InChI is InChI=1S/C10H8IN3O2/c1-6-9(16-5-13-6)10(15)14-8-3-2-7(11)4-12-8/h2-5H,1H3,(H,12,14,15). The fraction of sp³-hybridized carbons (Fsp3) is 0.100. The van der Waals surface area contributed by atoms with Crippen molar-refractivity contribution in [2.75, 3.05) is 5.32 Å². The molecule has 0 fully saturated rings. The maximum Gasteiger partial charge on any atom is 0.294 e. The van der Waals surface area contributed by atoms with Crippen LogP contribution in [0.1, 0.15) is 16.2 Å². The highest BCUT2D eigenvalue weighted by molar-refractivity contribution is 14.1. The second kappa shape index (κ2) is 4.60. The quantitative estimate of drug-likeness (QED) is 0.858. The van der Waals surface area contributed by atoms with Gasteiger partial charge >= 0.3 is 0 Å². The average molecular weight is 329 g/mol. The lowest BCUT2D eigenvalue weighted by Gasteiger charge is -2.01. The fourth-order valence-electron chi connectivity index (χ4n) is 1.14. The summed E-state index contributed by atoms with van der Waals surface area (Å²) in [6.45, 7) is 1.71. The third-order valence-corrected chi connectivity index (χ3v) is 2.56. The van der Waals surface area contributed by atoms with E-state index in [4.69, 9.17) is 4.42 Å². The van der Waals surface area contributed by atoms with Gasteiger partial charge in [0.25, 0.3) is 5.91 Å². The number of oxazole rings is 1. The molecule has 0 aromatic carbocycles. The smallest absolute Gasteiger partial charge is 0.294 e. The van der Waals surface area contributed by atoms with Crippen LogP contribution < -0.4 is 5.32 Å². The predicted octanol–water partition coefficient (Wildman–Crippen LogP) is 2.23. The molecule has 6 heteroatoms. The third-order valence-electron chi connectivity index (χ3n) is 1.92. The zero-order chi connectivity index (χ0) is 11.5. The molecule has 0 atom stereocenters. The van der Waals surface area contributed by atoms with E-state index >= 15 is 0 Å². The van der Waals surface area contributed by atoms with Gasteiger partial charge in [-0.25, -0.2) is 9.97 Å². The number of nitrogens with zero attached hydrogens (tertiary/aromatic N) is 2. The van der Waals surface area contributed by atoms with Gasteiger partial charge in [-0.3, -0.25) is 4.79 Å². The van der Waals surface area contributed by atoms with Gasteiger partial charge in [-0.2, -0.15) is 0 Å². The first-order chi connectivity index (χ1) is 7.66. The lowest BCUT2D eigenvalue weighted by Crippen LogP contribution is -2.13. The molecule has 1 N–H and O–H groups in total. The molecule has 1 amide bonds. The van der Waals surface area contributed by atoms with E-state index in [1.54, 1.807) is 19.2 Å². The first kappa shape index (κ1) is 11.1. The Labute approximate surface area is 105 Å². The van der Waals surface area contributed by atoms with Crippen LogP contribution >= 0.6 is 22.6 Å². The number of amides is 1. The zero-order valence-electron chi connectivity index (χ0n) is 8.40. The number of anilines is 1. The first-order valence-corrected chi connectivity index (χ1v) is 5.57. The van der Waals surface area contributed by atoms with Crippen molar-refractivity contribution < 1.29 is 9.21 Å². The number of hydrogen-bond donors (Lipinski definition) is 1. The summed E-state index contributed by atoms with van der Waals surface area (Å²) in [6.07, 6.45) is 2.91. The van der Waals surface area contributed by atoms with E-state index < -0.39 is 0 Å².